The SMILES string of the molecule is CCN(CC)c1ccc(NC(=S)Nc2noc3cccc(OC)c23)cc1.COc1cccc2onc(NC(=S)Nc3ccccc3Cl)c12. The van der Waals surface area contributed by atoms with Crippen molar-refractivity contribution in [3.8, 4) is 11.5 Å². The molecule has 0 spiro atoms. The van der Waals surface area contributed by atoms with E-state index in [1.54, 1.807) is 26.4 Å². The van der Waals surface area contributed by atoms with Crippen molar-refractivity contribution in [2.24, 2.45) is 0 Å². The van der Waals surface area contributed by atoms with Gasteiger partial charge in [-0.05, 0) is 98.9 Å². The molecule has 48 heavy (non-hydrogen) atoms. The van der Waals surface area contributed by atoms with Gasteiger partial charge in [0.2, 0.25) is 0 Å². The summed E-state index contributed by atoms with van der Waals surface area (Å²) in [5, 5.41) is 23.1. The molecule has 2 aromatic heterocycles. The van der Waals surface area contributed by atoms with Crippen molar-refractivity contribution in [2.45, 2.75) is 13.8 Å². The molecule has 0 saturated carbocycles. The summed E-state index contributed by atoms with van der Waals surface area (Å²) in [6, 6.07) is 26.5. The molecular weight excluding hydrogens is 670 g/mol. The summed E-state index contributed by atoms with van der Waals surface area (Å²) >= 11 is 16.8. The normalized spacial score (nSPS) is 10.5. The minimum Gasteiger partial charge on any atom is -0.496 e. The molecule has 0 aliphatic rings. The zero-order valence-electron chi connectivity index (χ0n) is 26.7. The number of methoxy groups -OCH3 is 2. The standard InChI is InChI=1S/C19H22N4O2S.C15H12ClN3O2S/c1-4-23(5-2)14-11-9-13(10-12-14)20-19(26)21-18-17-15(24-3)7-6-8-16(17)25-22-18;1-20-11-7-4-8-12-13(11)14(19-21-12)18-15(22)17-10-6-3-2-5-9(10)16/h6-12H,4-5H2,1-3H3,(H2,20,21,22,26);2-8H,1H3,(H2,17,18,19,22). The second kappa shape index (κ2) is 16.1. The third-order valence-electron chi connectivity index (χ3n) is 7.20. The molecule has 0 amide bonds. The molecule has 0 atom stereocenters. The number of hydrogen-bond acceptors (Lipinski definition) is 9. The van der Waals surface area contributed by atoms with Crippen LogP contribution in [0.3, 0.4) is 0 Å². The van der Waals surface area contributed by atoms with Crippen LogP contribution in [0.5, 0.6) is 11.5 Å². The van der Waals surface area contributed by atoms with E-state index in [4.69, 9.17) is 54.6 Å². The molecule has 0 unspecified atom stereocenters. The fourth-order valence-corrected chi connectivity index (χ4v) is 5.47. The van der Waals surface area contributed by atoms with Crippen molar-refractivity contribution in [3.63, 3.8) is 0 Å². The number of ether oxygens (including phenoxy) is 2. The lowest BCUT2D eigenvalue weighted by molar-refractivity contribution is 0.419. The molecule has 2 heterocycles. The van der Waals surface area contributed by atoms with Gasteiger partial charge in [0.1, 0.15) is 22.3 Å². The molecule has 4 N–H and O–H groups in total. The van der Waals surface area contributed by atoms with Gasteiger partial charge in [-0.1, -0.05) is 46.2 Å². The first-order chi connectivity index (χ1) is 23.3. The number of hydrogen-bond donors (Lipinski definition) is 4. The summed E-state index contributed by atoms with van der Waals surface area (Å²) in [7, 11) is 3.20. The zero-order valence-corrected chi connectivity index (χ0v) is 29.1. The highest BCUT2D eigenvalue weighted by atomic mass is 35.5. The van der Waals surface area contributed by atoms with Gasteiger partial charge in [-0.2, -0.15) is 0 Å². The molecule has 6 rings (SSSR count). The average molecular weight is 704 g/mol. The summed E-state index contributed by atoms with van der Waals surface area (Å²) in [4.78, 5) is 2.29. The van der Waals surface area contributed by atoms with Crippen LogP contribution >= 0.6 is 36.0 Å². The molecule has 6 aromatic rings. The fourth-order valence-electron chi connectivity index (χ4n) is 4.87. The van der Waals surface area contributed by atoms with Crippen molar-refractivity contribution < 1.29 is 18.5 Å². The maximum Gasteiger partial charge on any atom is 0.187 e. The number of anilines is 5. The third kappa shape index (κ3) is 8.05. The predicted octanol–water partition coefficient (Wildman–Crippen LogP) is 8.79. The van der Waals surface area contributed by atoms with Crippen LogP contribution in [0.2, 0.25) is 5.02 Å². The van der Waals surface area contributed by atoms with E-state index in [1.807, 2.05) is 60.7 Å². The molecule has 248 valence electrons. The number of rotatable bonds is 9. The highest BCUT2D eigenvalue weighted by molar-refractivity contribution is 7.81. The van der Waals surface area contributed by atoms with E-state index in [2.05, 4.69) is 62.5 Å². The highest BCUT2D eigenvalue weighted by Gasteiger charge is 2.16. The van der Waals surface area contributed by atoms with E-state index in [0.29, 0.717) is 55.2 Å². The van der Waals surface area contributed by atoms with Crippen LogP contribution in [0.4, 0.5) is 28.7 Å². The van der Waals surface area contributed by atoms with E-state index in [0.717, 1.165) is 29.5 Å². The minimum atomic E-state index is 0.356. The second-order valence-corrected chi connectivity index (χ2v) is 11.3. The Bertz CT molecular complexity index is 2010. The lowest BCUT2D eigenvalue weighted by atomic mass is 10.2. The van der Waals surface area contributed by atoms with Crippen LogP contribution in [0, 0.1) is 0 Å². The fraction of sp³-hybridized carbons (Fsp3) is 0.176. The maximum absolute atomic E-state index is 6.09. The summed E-state index contributed by atoms with van der Waals surface area (Å²) < 4.78 is 21.3. The Balaban J connectivity index is 0.000000190. The largest absolute Gasteiger partial charge is 0.496 e. The minimum absolute atomic E-state index is 0.356. The number of para-hydroxylation sites is 1. The topological polar surface area (TPSA) is 122 Å². The summed E-state index contributed by atoms with van der Waals surface area (Å²) in [6.45, 7) is 6.24. The number of nitrogens with zero attached hydrogens (tertiary/aromatic N) is 3. The molecular formula is C34H34ClN7O4S2. The average Bonchev–Trinajstić information content (AvgIpc) is 3.71. The molecule has 14 heteroatoms. The highest BCUT2D eigenvalue weighted by Crippen LogP contribution is 2.33. The van der Waals surface area contributed by atoms with Crippen LogP contribution in [-0.2, 0) is 0 Å². The third-order valence-corrected chi connectivity index (χ3v) is 7.94. The first-order valence-electron chi connectivity index (χ1n) is 14.9. The second-order valence-electron chi connectivity index (χ2n) is 10.1. The quantitative estimate of drug-likeness (QED) is 0.107. The summed E-state index contributed by atoms with van der Waals surface area (Å²) in [5.41, 5.74) is 4.05. The first-order valence-corrected chi connectivity index (χ1v) is 16.1. The van der Waals surface area contributed by atoms with Gasteiger partial charge in [0, 0.05) is 24.5 Å². The Kier molecular flexibility index (Phi) is 11.5. The Labute approximate surface area is 293 Å². The Morgan fingerprint density at radius 2 is 1.21 bits per heavy atom. The van der Waals surface area contributed by atoms with Crippen molar-refractivity contribution in [3.05, 3.63) is 90.0 Å². The van der Waals surface area contributed by atoms with Crippen molar-refractivity contribution in [2.75, 3.05) is 53.5 Å². The molecule has 4 aromatic carbocycles. The number of aromatic nitrogens is 2. The van der Waals surface area contributed by atoms with Gasteiger partial charge < -0.3 is 44.7 Å². The van der Waals surface area contributed by atoms with Crippen molar-refractivity contribution in [1.29, 1.82) is 0 Å². The zero-order chi connectivity index (χ0) is 34.0. The molecule has 0 fully saturated rings. The van der Waals surface area contributed by atoms with E-state index in [-0.39, 0.29) is 0 Å². The Morgan fingerprint density at radius 3 is 1.71 bits per heavy atom. The van der Waals surface area contributed by atoms with Gasteiger partial charge in [-0.15, -0.1) is 0 Å². The maximum atomic E-state index is 6.09. The van der Waals surface area contributed by atoms with Gasteiger partial charge in [0.05, 0.1) is 24.9 Å². The van der Waals surface area contributed by atoms with Crippen LogP contribution < -0.4 is 35.6 Å². The van der Waals surface area contributed by atoms with Crippen LogP contribution in [0.25, 0.3) is 21.9 Å². The van der Waals surface area contributed by atoms with Gasteiger partial charge in [-0.25, -0.2) is 0 Å². The number of nitrogens with one attached hydrogen (secondary N) is 4. The van der Waals surface area contributed by atoms with Gasteiger partial charge in [0.25, 0.3) is 0 Å². The van der Waals surface area contributed by atoms with Crippen molar-refractivity contribution in [1.82, 2.24) is 10.3 Å². The Hall–Kier alpha value is -5.11. The smallest absolute Gasteiger partial charge is 0.187 e. The van der Waals surface area contributed by atoms with Gasteiger partial charge in [0.15, 0.2) is 33.0 Å². The number of fused-ring (bicyclic) bond motifs is 2. The molecule has 11 nitrogen and oxygen atoms in total. The molecule has 0 saturated heterocycles. The van der Waals surface area contributed by atoms with E-state index < -0.39 is 0 Å². The predicted molar refractivity (Wildman–Crippen MR) is 202 cm³/mol. The van der Waals surface area contributed by atoms with Gasteiger partial charge in [-0.3, -0.25) is 0 Å². The lowest BCUT2D eigenvalue weighted by Crippen LogP contribution is -2.22. The molecule has 0 aliphatic heterocycles. The van der Waals surface area contributed by atoms with E-state index >= 15 is 0 Å². The lowest BCUT2D eigenvalue weighted by Gasteiger charge is -2.21. The molecule has 0 bridgehead atoms. The number of benzene rings is 4. The van der Waals surface area contributed by atoms with Crippen LogP contribution in [0.15, 0.2) is 94.0 Å². The van der Waals surface area contributed by atoms with E-state index in [9.17, 15) is 0 Å². The first kappa shape index (κ1) is 34.2. The Morgan fingerprint density at radius 1 is 0.688 bits per heavy atom. The molecule has 0 aliphatic carbocycles. The van der Waals surface area contributed by atoms with E-state index in [1.165, 1.54) is 5.69 Å². The number of thiocarbonyl (C=S) groups is 2. The monoisotopic (exact) mass is 703 g/mol. The van der Waals surface area contributed by atoms with Gasteiger partial charge >= 0.3 is 0 Å². The van der Waals surface area contributed by atoms with Crippen LogP contribution in [0.1, 0.15) is 13.8 Å². The molecule has 0 radical (unpaired) electrons. The number of halogens is 1. The summed E-state index contributed by atoms with van der Waals surface area (Å²) in [5.74, 6) is 2.34. The van der Waals surface area contributed by atoms with Crippen molar-refractivity contribution >= 4 is 96.9 Å². The summed E-state index contributed by atoms with van der Waals surface area (Å²) in [6.07, 6.45) is 0. The van der Waals surface area contributed by atoms with Crippen LogP contribution in [-0.4, -0.2) is 47.8 Å².